The Morgan fingerprint density at radius 2 is 2.03 bits per heavy atom. The summed E-state index contributed by atoms with van der Waals surface area (Å²) in [5, 5.41) is 10.7. The van der Waals surface area contributed by atoms with E-state index in [1.807, 2.05) is 13.8 Å². The smallest absolute Gasteiger partial charge is 0.280 e. The van der Waals surface area contributed by atoms with Gasteiger partial charge in [-0.15, -0.1) is 0 Å². The maximum Gasteiger partial charge on any atom is 0.280 e. The van der Waals surface area contributed by atoms with Crippen molar-refractivity contribution >= 4 is 45.8 Å². The van der Waals surface area contributed by atoms with Crippen LogP contribution in [0.25, 0.3) is 16.7 Å². The number of ether oxygens (including phenoxy) is 1. The number of carbonyl (C=O) groups is 1. The third-order valence-corrected chi connectivity index (χ3v) is 5.80. The van der Waals surface area contributed by atoms with Crippen molar-refractivity contribution in [2.75, 3.05) is 6.61 Å². The molecule has 3 aromatic heterocycles. The first-order chi connectivity index (χ1) is 16.8. The first-order valence-corrected chi connectivity index (χ1v) is 11.7. The normalized spacial score (nSPS) is 11.9. The number of pyridine rings is 2. The van der Waals surface area contributed by atoms with Gasteiger partial charge < -0.3 is 9.30 Å². The molecule has 3 heterocycles. The van der Waals surface area contributed by atoms with Crippen molar-refractivity contribution in [1.29, 1.82) is 5.26 Å². The lowest BCUT2D eigenvalue weighted by Gasteiger charge is -2.14. The molecule has 0 N–H and O–H groups in total. The van der Waals surface area contributed by atoms with Crippen molar-refractivity contribution in [3.8, 4) is 6.07 Å². The van der Waals surface area contributed by atoms with E-state index in [2.05, 4.69) is 16.0 Å². The number of aryl methyl sites for hydroxylation is 1. The highest BCUT2D eigenvalue weighted by Gasteiger charge is 2.16. The molecule has 0 fully saturated rings. The quantitative estimate of drug-likeness (QED) is 0.283. The summed E-state index contributed by atoms with van der Waals surface area (Å²) in [6.45, 7) is 4.62. The van der Waals surface area contributed by atoms with E-state index in [4.69, 9.17) is 27.9 Å². The van der Waals surface area contributed by atoms with E-state index in [0.29, 0.717) is 35.9 Å². The predicted octanol–water partition coefficient (Wildman–Crippen LogP) is 4.38. The predicted molar refractivity (Wildman–Crippen MR) is 134 cm³/mol. The molecule has 1 amide bonds. The van der Waals surface area contributed by atoms with E-state index >= 15 is 0 Å². The second-order valence-corrected chi connectivity index (χ2v) is 8.89. The van der Waals surface area contributed by atoms with Crippen LogP contribution in [0.4, 0.5) is 0 Å². The number of carbonyl (C=O) groups excluding carboxylic acids is 1. The monoisotopic (exact) mass is 509 g/mol. The van der Waals surface area contributed by atoms with Crippen LogP contribution in [0.2, 0.25) is 10.0 Å². The number of fused-ring (bicyclic) bond motifs is 2. The van der Waals surface area contributed by atoms with Crippen LogP contribution in [0.1, 0.15) is 36.2 Å². The van der Waals surface area contributed by atoms with Gasteiger partial charge in [-0.3, -0.25) is 14.0 Å². The molecule has 10 heteroatoms. The van der Waals surface area contributed by atoms with Gasteiger partial charge in [-0.05, 0) is 56.7 Å². The Hall–Kier alpha value is -3.51. The SMILES string of the molecule is CC(C)OCCCn1c(=NC(=O)c2ccc(Cl)cc2Cl)c(C#N)cc2c(=O)n3ccccc3nc21. The van der Waals surface area contributed by atoms with Crippen molar-refractivity contribution in [2.45, 2.75) is 32.9 Å². The summed E-state index contributed by atoms with van der Waals surface area (Å²) in [6, 6.07) is 13.1. The van der Waals surface area contributed by atoms with Crippen molar-refractivity contribution in [2.24, 2.45) is 4.99 Å². The lowest BCUT2D eigenvalue weighted by Crippen LogP contribution is -2.30. The van der Waals surface area contributed by atoms with Gasteiger partial charge in [0.15, 0.2) is 5.49 Å². The van der Waals surface area contributed by atoms with Crippen LogP contribution in [0, 0.1) is 11.3 Å². The van der Waals surface area contributed by atoms with Gasteiger partial charge in [-0.1, -0.05) is 29.3 Å². The van der Waals surface area contributed by atoms with E-state index in [1.54, 1.807) is 29.0 Å². The summed E-state index contributed by atoms with van der Waals surface area (Å²) in [6.07, 6.45) is 2.20. The molecule has 0 aliphatic carbocycles. The highest BCUT2D eigenvalue weighted by atomic mass is 35.5. The minimum absolute atomic E-state index is 0.0479. The lowest BCUT2D eigenvalue weighted by molar-refractivity contribution is 0.0748. The lowest BCUT2D eigenvalue weighted by atomic mass is 10.2. The van der Waals surface area contributed by atoms with Crippen LogP contribution in [-0.2, 0) is 11.3 Å². The highest BCUT2D eigenvalue weighted by Crippen LogP contribution is 2.21. The largest absolute Gasteiger partial charge is 0.379 e. The first kappa shape index (κ1) is 24.6. The molecule has 0 saturated heterocycles. The Morgan fingerprint density at radius 3 is 2.74 bits per heavy atom. The topological polar surface area (TPSA) is 102 Å². The Bertz CT molecular complexity index is 1620. The van der Waals surface area contributed by atoms with Gasteiger partial charge in [0.25, 0.3) is 11.5 Å². The zero-order chi connectivity index (χ0) is 25.1. The summed E-state index contributed by atoms with van der Waals surface area (Å²) in [5.74, 6) is -0.646. The third kappa shape index (κ3) is 5.13. The number of hydrogen-bond acceptors (Lipinski definition) is 5. The molecular formula is C25H21Cl2N5O3. The summed E-state index contributed by atoms with van der Waals surface area (Å²) in [7, 11) is 0. The maximum absolute atomic E-state index is 13.2. The zero-order valence-corrected chi connectivity index (χ0v) is 20.5. The molecule has 8 nitrogen and oxygen atoms in total. The van der Waals surface area contributed by atoms with Gasteiger partial charge in [0.1, 0.15) is 17.4 Å². The minimum Gasteiger partial charge on any atom is -0.379 e. The van der Waals surface area contributed by atoms with Gasteiger partial charge in [0, 0.05) is 24.4 Å². The number of aromatic nitrogens is 3. The van der Waals surface area contributed by atoms with Crippen molar-refractivity contribution in [3.05, 3.63) is 85.7 Å². The molecule has 0 aliphatic heterocycles. The van der Waals surface area contributed by atoms with Crippen LogP contribution < -0.4 is 11.0 Å². The Labute approximate surface area is 210 Å². The van der Waals surface area contributed by atoms with Crippen LogP contribution >= 0.6 is 23.2 Å². The summed E-state index contributed by atoms with van der Waals surface area (Å²) in [5.41, 5.74) is 0.718. The molecule has 35 heavy (non-hydrogen) atoms. The third-order valence-electron chi connectivity index (χ3n) is 5.26. The van der Waals surface area contributed by atoms with E-state index in [-0.39, 0.29) is 38.7 Å². The van der Waals surface area contributed by atoms with E-state index in [0.717, 1.165) is 0 Å². The van der Waals surface area contributed by atoms with Crippen LogP contribution in [0.5, 0.6) is 0 Å². The van der Waals surface area contributed by atoms with Gasteiger partial charge >= 0.3 is 0 Å². The molecular weight excluding hydrogens is 489 g/mol. The van der Waals surface area contributed by atoms with Gasteiger partial charge in [-0.25, -0.2) is 4.98 Å². The summed E-state index contributed by atoms with van der Waals surface area (Å²) >= 11 is 12.2. The number of hydrogen-bond donors (Lipinski definition) is 0. The summed E-state index contributed by atoms with van der Waals surface area (Å²) in [4.78, 5) is 35.2. The minimum atomic E-state index is -0.646. The van der Waals surface area contributed by atoms with Gasteiger partial charge in [0.2, 0.25) is 0 Å². The Kier molecular flexibility index (Phi) is 7.31. The van der Waals surface area contributed by atoms with Crippen LogP contribution in [0.3, 0.4) is 0 Å². The zero-order valence-electron chi connectivity index (χ0n) is 19.0. The fraction of sp³-hybridized carbons (Fsp3) is 0.240. The second kappa shape index (κ2) is 10.4. The molecule has 4 rings (SSSR count). The van der Waals surface area contributed by atoms with Gasteiger partial charge in [0.05, 0.1) is 27.6 Å². The van der Waals surface area contributed by atoms with E-state index in [9.17, 15) is 14.9 Å². The first-order valence-electron chi connectivity index (χ1n) is 10.9. The molecule has 1 aromatic carbocycles. The number of amides is 1. The number of halogens is 2. The number of benzene rings is 1. The average Bonchev–Trinajstić information content (AvgIpc) is 2.82. The number of rotatable bonds is 6. The molecule has 0 radical (unpaired) electrons. The van der Waals surface area contributed by atoms with Crippen LogP contribution in [-0.4, -0.2) is 32.6 Å². The maximum atomic E-state index is 13.2. The van der Waals surface area contributed by atoms with Crippen LogP contribution in [0.15, 0.2) is 58.4 Å². The molecule has 0 atom stereocenters. The van der Waals surface area contributed by atoms with E-state index in [1.165, 1.54) is 28.7 Å². The molecule has 4 aromatic rings. The Balaban J connectivity index is 1.98. The summed E-state index contributed by atoms with van der Waals surface area (Å²) < 4.78 is 8.68. The molecule has 0 saturated carbocycles. The molecule has 0 aliphatic rings. The van der Waals surface area contributed by atoms with Crippen molar-refractivity contribution in [1.82, 2.24) is 14.0 Å². The standard InChI is InChI=1S/C25H21Cl2N5O3/c1-15(2)35-11-5-10-32-22(30-24(33)18-8-7-17(26)13-20(18)27)16(14-28)12-19-23(32)29-21-6-3-4-9-31(21)25(19)34/h3-4,6-9,12-13,15H,5,10-11H2,1-2H3. The Morgan fingerprint density at radius 1 is 1.23 bits per heavy atom. The van der Waals surface area contributed by atoms with Gasteiger partial charge in [-0.2, -0.15) is 10.3 Å². The number of nitriles is 1. The molecule has 0 unspecified atom stereocenters. The number of nitrogens with zero attached hydrogens (tertiary/aromatic N) is 5. The fourth-order valence-electron chi connectivity index (χ4n) is 3.65. The van der Waals surface area contributed by atoms with Crippen molar-refractivity contribution in [3.63, 3.8) is 0 Å². The van der Waals surface area contributed by atoms with Crippen molar-refractivity contribution < 1.29 is 9.53 Å². The fourth-order valence-corrected chi connectivity index (χ4v) is 4.14. The highest BCUT2D eigenvalue weighted by molar-refractivity contribution is 6.36. The molecule has 0 spiro atoms. The molecule has 0 bridgehead atoms. The van der Waals surface area contributed by atoms with E-state index < -0.39 is 5.91 Å². The molecule has 178 valence electrons. The average molecular weight is 510 g/mol. The second-order valence-electron chi connectivity index (χ2n) is 8.04.